The van der Waals surface area contributed by atoms with Crippen LogP contribution in [0.25, 0.3) is 0 Å². The number of hydrogen-bond donors (Lipinski definition) is 3. The first-order valence-electron chi connectivity index (χ1n) is 7.21. The minimum absolute atomic E-state index is 0.0757. The molecule has 2 aliphatic rings. The van der Waals surface area contributed by atoms with Crippen molar-refractivity contribution in [3.63, 3.8) is 0 Å². The van der Waals surface area contributed by atoms with Crippen molar-refractivity contribution in [3.8, 4) is 5.75 Å². The summed E-state index contributed by atoms with van der Waals surface area (Å²) in [6.07, 6.45) is -2.25. The molecular weight excluding hydrogens is 272 g/mol. The number of aliphatic hydroxyl groups is 3. The van der Waals surface area contributed by atoms with Crippen molar-refractivity contribution in [1.29, 1.82) is 0 Å². The molecule has 1 fully saturated rings. The highest BCUT2D eigenvalue weighted by Crippen LogP contribution is 2.48. The molecule has 0 radical (unpaired) electrons. The zero-order valence-corrected chi connectivity index (χ0v) is 12.1. The molecule has 5 nitrogen and oxygen atoms in total. The Morgan fingerprint density at radius 1 is 1.14 bits per heavy atom. The summed E-state index contributed by atoms with van der Waals surface area (Å²) in [5, 5.41) is 30.3. The van der Waals surface area contributed by atoms with Crippen molar-refractivity contribution < 1.29 is 24.9 Å². The maximum absolute atomic E-state index is 12.7. The minimum atomic E-state index is -0.907. The van der Waals surface area contributed by atoms with Gasteiger partial charge in [0, 0.05) is 23.0 Å². The van der Waals surface area contributed by atoms with Crippen LogP contribution in [-0.4, -0.2) is 40.4 Å². The normalized spacial score (nSPS) is 35.1. The van der Waals surface area contributed by atoms with E-state index in [0.29, 0.717) is 16.9 Å². The van der Waals surface area contributed by atoms with E-state index in [0.717, 1.165) is 5.56 Å². The average molecular weight is 292 g/mol. The summed E-state index contributed by atoms with van der Waals surface area (Å²) in [4.78, 5) is 12.7. The molecule has 21 heavy (non-hydrogen) atoms. The smallest absolute Gasteiger partial charge is 0.166 e. The van der Waals surface area contributed by atoms with Gasteiger partial charge < -0.3 is 20.1 Å². The van der Waals surface area contributed by atoms with E-state index in [2.05, 4.69) is 0 Å². The molecule has 0 saturated heterocycles. The third-order valence-corrected chi connectivity index (χ3v) is 4.78. The minimum Gasteiger partial charge on any atom is -0.496 e. The topological polar surface area (TPSA) is 87.0 Å². The lowest BCUT2D eigenvalue weighted by atomic mass is 9.65. The van der Waals surface area contributed by atoms with Crippen LogP contribution >= 0.6 is 0 Å². The van der Waals surface area contributed by atoms with Crippen molar-refractivity contribution in [2.45, 2.75) is 38.1 Å². The van der Waals surface area contributed by atoms with E-state index < -0.39 is 24.2 Å². The maximum Gasteiger partial charge on any atom is 0.166 e. The summed E-state index contributed by atoms with van der Waals surface area (Å²) in [5.41, 5.74) is 1.88. The zero-order chi connectivity index (χ0) is 15.3. The molecule has 0 spiro atoms. The number of benzene rings is 1. The van der Waals surface area contributed by atoms with E-state index in [9.17, 15) is 20.1 Å². The van der Waals surface area contributed by atoms with E-state index in [1.54, 1.807) is 12.1 Å². The van der Waals surface area contributed by atoms with E-state index in [4.69, 9.17) is 4.74 Å². The van der Waals surface area contributed by atoms with E-state index in [-0.39, 0.29) is 24.5 Å². The number of methoxy groups -OCH3 is 1. The SMILES string of the molecule is COc1cc(C)cc2c1[C@H](O)[C@H]1C[C@H](O)[C@H](O)C[C@@H]1C2=O. The van der Waals surface area contributed by atoms with Crippen LogP contribution in [0, 0.1) is 18.8 Å². The molecule has 3 rings (SSSR count). The molecule has 0 unspecified atom stereocenters. The molecule has 0 aromatic heterocycles. The lowest BCUT2D eigenvalue weighted by molar-refractivity contribution is -0.0724. The van der Waals surface area contributed by atoms with Gasteiger partial charge >= 0.3 is 0 Å². The van der Waals surface area contributed by atoms with Gasteiger partial charge in [-0.15, -0.1) is 0 Å². The molecule has 3 N–H and O–H groups in total. The van der Waals surface area contributed by atoms with Crippen molar-refractivity contribution >= 4 is 5.78 Å². The van der Waals surface area contributed by atoms with Gasteiger partial charge in [0.05, 0.1) is 25.4 Å². The van der Waals surface area contributed by atoms with Crippen LogP contribution in [0.5, 0.6) is 5.75 Å². The Balaban J connectivity index is 2.12. The zero-order valence-electron chi connectivity index (χ0n) is 12.1. The van der Waals surface area contributed by atoms with Gasteiger partial charge in [0.25, 0.3) is 0 Å². The van der Waals surface area contributed by atoms with E-state index in [1.807, 2.05) is 6.92 Å². The molecule has 0 aliphatic heterocycles. The highest BCUT2D eigenvalue weighted by atomic mass is 16.5. The summed E-state index contributed by atoms with van der Waals surface area (Å²) >= 11 is 0. The highest BCUT2D eigenvalue weighted by molar-refractivity contribution is 6.01. The molecule has 5 atom stereocenters. The maximum atomic E-state index is 12.7. The fourth-order valence-electron chi connectivity index (χ4n) is 3.70. The van der Waals surface area contributed by atoms with Gasteiger partial charge in [-0.3, -0.25) is 4.79 Å². The van der Waals surface area contributed by atoms with Crippen molar-refractivity contribution in [3.05, 3.63) is 28.8 Å². The first-order valence-corrected chi connectivity index (χ1v) is 7.21. The Kier molecular flexibility index (Phi) is 3.51. The van der Waals surface area contributed by atoms with Crippen LogP contribution in [0.2, 0.25) is 0 Å². The Hall–Kier alpha value is -1.43. The molecule has 5 heteroatoms. The monoisotopic (exact) mass is 292 g/mol. The molecule has 1 aromatic rings. The number of rotatable bonds is 1. The number of carbonyl (C=O) groups is 1. The van der Waals surface area contributed by atoms with Crippen LogP contribution < -0.4 is 4.74 Å². The van der Waals surface area contributed by atoms with E-state index in [1.165, 1.54) is 7.11 Å². The van der Waals surface area contributed by atoms with Crippen LogP contribution in [-0.2, 0) is 0 Å². The number of ether oxygens (including phenoxy) is 1. The molecule has 0 bridgehead atoms. The van der Waals surface area contributed by atoms with Crippen LogP contribution in [0.3, 0.4) is 0 Å². The van der Waals surface area contributed by atoms with Gasteiger partial charge in [-0.1, -0.05) is 0 Å². The first-order chi connectivity index (χ1) is 9.93. The summed E-state index contributed by atoms with van der Waals surface area (Å²) in [6.45, 7) is 1.87. The fraction of sp³-hybridized carbons (Fsp3) is 0.562. The molecule has 0 heterocycles. The standard InChI is InChI=1S/C16H20O5/c1-7-3-10-14(13(4-7)21-2)16(20)9-6-12(18)11(17)5-8(9)15(10)19/h3-4,8-9,11-12,16-18,20H,5-6H2,1-2H3/t8-,9-,11+,12-,16+/m0/s1. The lowest BCUT2D eigenvalue weighted by Crippen LogP contribution is -2.46. The Bertz CT molecular complexity index is 582. The third-order valence-electron chi connectivity index (χ3n) is 4.78. The number of aliphatic hydroxyl groups excluding tert-OH is 3. The third kappa shape index (κ3) is 2.16. The second-order valence-electron chi connectivity index (χ2n) is 6.11. The average Bonchev–Trinajstić information content (AvgIpc) is 2.45. The fourth-order valence-corrected chi connectivity index (χ4v) is 3.70. The Labute approximate surface area is 123 Å². The van der Waals surface area contributed by atoms with Gasteiger partial charge in [-0.2, -0.15) is 0 Å². The van der Waals surface area contributed by atoms with E-state index >= 15 is 0 Å². The molecular formula is C16H20O5. The van der Waals surface area contributed by atoms with Crippen LogP contribution in [0.4, 0.5) is 0 Å². The van der Waals surface area contributed by atoms with Gasteiger partial charge in [0.1, 0.15) is 5.75 Å². The Morgan fingerprint density at radius 3 is 2.48 bits per heavy atom. The largest absolute Gasteiger partial charge is 0.496 e. The Morgan fingerprint density at radius 2 is 1.81 bits per heavy atom. The lowest BCUT2D eigenvalue weighted by Gasteiger charge is -2.42. The predicted octanol–water partition coefficient (Wildman–Crippen LogP) is 0.981. The number of aryl methyl sites for hydroxylation is 1. The summed E-state index contributed by atoms with van der Waals surface area (Å²) in [5.74, 6) is -0.393. The van der Waals surface area contributed by atoms with Crippen molar-refractivity contribution in [2.75, 3.05) is 7.11 Å². The van der Waals surface area contributed by atoms with Crippen molar-refractivity contribution in [1.82, 2.24) is 0 Å². The van der Waals surface area contributed by atoms with Gasteiger partial charge in [0.15, 0.2) is 5.78 Å². The number of hydrogen-bond acceptors (Lipinski definition) is 5. The molecule has 114 valence electrons. The summed E-state index contributed by atoms with van der Waals surface area (Å²) in [6, 6.07) is 3.56. The van der Waals surface area contributed by atoms with Crippen LogP contribution in [0.15, 0.2) is 12.1 Å². The number of carbonyl (C=O) groups excluding carboxylic acids is 1. The second-order valence-corrected chi connectivity index (χ2v) is 6.11. The summed E-state index contributed by atoms with van der Waals surface area (Å²) < 4.78 is 5.32. The van der Waals surface area contributed by atoms with Gasteiger partial charge in [0.2, 0.25) is 0 Å². The molecule has 1 saturated carbocycles. The predicted molar refractivity (Wildman–Crippen MR) is 75.2 cm³/mol. The van der Waals surface area contributed by atoms with Gasteiger partial charge in [-0.05, 0) is 37.5 Å². The first kappa shape index (κ1) is 14.5. The molecule has 2 aliphatic carbocycles. The number of Topliss-reactive ketones (excluding diaryl/α,β-unsaturated/α-hetero) is 1. The number of fused-ring (bicyclic) bond motifs is 2. The molecule has 0 amide bonds. The second kappa shape index (κ2) is 5.09. The van der Waals surface area contributed by atoms with Crippen molar-refractivity contribution in [2.24, 2.45) is 11.8 Å². The number of ketones is 1. The van der Waals surface area contributed by atoms with Crippen LogP contribution in [0.1, 0.15) is 40.4 Å². The summed E-state index contributed by atoms with van der Waals surface area (Å²) in [7, 11) is 1.51. The molecule has 1 aromatic carbocycles. The highest BCUT2D eigenvalue weighted by Gasteiger charge is 2.48. The van der Waals surface area contributed by atoms with Gasteiger partial charge in [-0.25, -0.2) is 0 Å². The quantitative estimate of drug-likeness (QED) is 0.718.